The van der Waals surface area contributed by atoms with Gasteiger partial charge in [0.2, 0.25) is 0 Å². The molecule has 0 spiro atoms. The van der Waals surface area contributed by atoms with Crippen molar-refractivity contribution < 1.29 is 10.0 Å². The summed E-state index contributed by atoms with van der Waals surface area (Å²) in [5.74, 6) is 0. The summed E-state index contributed by atoms with van der Waals surface area (Å²) in [4.78, 5) is 10.4. The minimum Gasteiger partial charge on any atom is -0.392 e. The number of nitro benzene ring substituents is 1. The summed E-state index contributed by atoms with van der Waals surface area (Å²) in [7, 11) is 0. The molecule has 0 aliphatic rings. The van der Waals surface area contributed by atoms with Gasteiger partial charge in [-0.25, -0.2) is 0 Å². The van der Waals surface area contributed by atoms with E-state index < -0.39 is 0 Å². The predicted molar refractivity (Wildman–Crippen MR) is 57.7 cm³/mol. The van der Waals surface area contributed by atoms with Gasteiger partial charge in [0.25, 0.3) is 5.69 Å². The van der Waals surface area contributed by atoms with Gasteiger partial charge in [-0.1, -0.05) is 20.8 Å². The Kier molecular flexibility index (Phi) is 3.09. The lowest BCUT2D eigenvalue weighted by Gasteiger charge is -2.19. The van der Waals surface area contributed by atoms with Crippen LogP contribution >= 0.6 is 0 Å². The van der Waals surface area contributed by atoms with Crippen molar-refractivity contribution in [3.63, 3.8) is 0 Å². The Labute approximate surface area is 88.7 Å². The average Bonchev–Trinajstić information content (AvgIpc) is 2.15. The highest BCUT2D eigenvalue weighted by Crippen LogP contribution is 2.31. The Morgan fingerprint density at radius 3 is 2.40 bits per heavy atom. The molecule has 82 valence electrons. The predicted octanol–water partition coefficient (Wildman–Crippen LogP) is 2.38. The van der Waals surface area contributed by atoms with Crippen LogP contribution in [0.4, 0.5) is 5.69 Å². The number of nitro groups is 1. The van der Waals surface area contributed by atoms with Crippen molar-refractivity contribution in [2.75, 3.05) is 0 Å². The first kappa shape index (κ1) is 11.7. The quantitative estimate of drug-likeness (QED) is 0.600. The van der Waals surface area contributed by atoms with Gasteiger partial charge in [-0.05, 0) is 23.1 Å². The Hall–Kier alpha value is -1.42. The van der Waals surface area contributed by atoms with E-state index in [-0.39, 0.29) is 22.6 Å². The summed E-state index contributed by atoms with van der Waals surface area (Å²) in [6, 6.07) is 4.72. The summed E-state index contributed by atoms with van der Waals surface area (Å²) >= 11 is 0. The minimum absolute atomic E-state index is 0.0962. The van der Waals surface area contributed by atoms with Gasteiger partial charge < -0.3 is 5.11 Å². The fourth-order valence-corrected chi connectivity index (χ4v) is 1.44. The second kappa shape index (κ2) is 3.98. The van der Waals surface area contributed by atoms with Crippen molar-refractivity contribution in [2.45, 2.75) is 32.8 Å². The molecule has 0 heterocycles. The molecule has 0 atom stereocenters. The van der Waals surface area contributed by atoms with E-state index in [2.05, 4.69) is 0 Å². The topological polar surface area (TPSA) is 63.4 Å². The molecular formula is C11H15NO3. The molecule has 0 aliphatic carbocycles. The molecule has 4 nitrogen and oxygen atoms in total. The molecule has 1 aromatic rings. The van der Waals surface area contributed by atoms with Crippen molar-refractivity contribution in [1.82, 2.24) is 0 Å². The van der Waals surface area contributed by atoms with E-state index in [4.69, 9.17) is 5.11 Å². The van der Waals surface area contributed by atoms with E-state index in [1.54, 1.807) is 12.1 Å². The summed E-state index contributed by atoms with van der Waals surface area (Å²) in [6.07, 6.45) is 0. The van der Waals surface area contributed by atoms with Gasteiger partial charge in [-0.15, -0.1) is 0 Å². The van der Waals surface area contributed by atoms with Crippen LogP contribution in [0.1, 0.15) is 31.9 Å². The molecule has 0 aromatic heterocycles. The number of nitrogens with zero attached hydrogens (tertiary/aromatic N) is 1. The van der Waals surface area contributed by atoms with Gasteiger partial charge in [-0.2, -0.15) is 0 Å². The third-order valence-corrected chi connectivity index (χ3v) is 2.25. The normalized spacial score (nSPS) is 11.5. The molecule has 0 radical (unpaired) electrons. The van der Waals surface area contributed by atoms with Gasteiger partial charge in [-0.3, -0.25) is 10.1 Å². The number of aliphatic hydroxyl groups is 1. The monoisotopic (exact) mass is 209 g/mol. The minimum atomic E-state index is -0.387. The molecular weight excluding hydrogens is 194 g/mol. The fraction of sp³-hybridized carbons (Fsp3) is 0.455. The van der Waals surface area contributed by atoms with Crippen LogP contribution in [0, 0.1) is 10.1 Å². The lowest BCUT2D eigenvalue weighted by Crippen LogP contribution is -2.14. The van der Waals surface area contributed by atoms with Gasteiger partial charge >= 0.3 is 0 Å². The highest BCUT2D eigenvalue weighted by Gasteiger charge is 2.24. The third-order valence-electron chi connectivity index (χ3n) is 2.25. The Balaban J connectivity index is 3.36. The maximum atomic E-state index is 10.8. The van der Waals surface area contributed by atoms with Gasteiger partial charge in [0.05, 0.1) is 11.5 Å². The molecule has 0 aliphatic heterocycles. The second-order valence-electron chi connectivity index (χ2n) is 4.52. The molecule has 0 unspecified atom stereocenters. The zero-order chi connectivity index (χ0) is 11.6. The number of hydrogen-bond acceptors (Lipinski definition) is 3. The molecule has 0 bridgehead atoms. The van der Waals surface area contributed by atoms with Crippen LogP contribution in [0.5, 0.6) is 0 Å². The molecule has 0 saturated heterocycles. The highest BCUT2D eigenvalue weighted by atomic mass is 16.6. The number of benzene rings is 1. The first-order chi connectivity index (χ1) is 6.86. The van der Waals surface area contributed by atoms with Crippen molar-refractivity contribution in [1.29, 1.82) is 0 Å². The van der Waals surface area contributed by atoms with Gasteiger partial charge in [0.1, 0.15) is 0 Å². The maximum absolute atomic E-state index is 10.8. The van der Waals surface area contributed by atoms with Gasteiger partial charge in [0.15, 0.2) is 0 Å². The molecule has 15 heavy (non-hydrogen) atoms. The van der Waals surface area contributed by atoms with E-state index in [0.717, 1.165) is 0 Å². The van der Waals surface area contributed by atoms with Crippen LogP contribution in [-0.4, -0.2) is 10.0 Å². The first-order valence-corrected chi connectivity index (χ1v) is 4.75. The Morgan fingerprint density at radius 2 is 2.00 bits per heavy atom. The Bertz CT molecular complexity index is 380. The van der Waals surface area contributed by atoms with Crippen molar-refractivity contribution in [2.24, 2.45) is 0 Å². The van der Waals surface area contributed by atoms with Crippen molar-refractivity contribution in [3.8, 4) is 0 Å². The molecule has 4 heteroatoms. The summed E-state index contributed by atoms with van der Waals surface area (Å²) in [5, 5.41) is 19.8. The average molecular weight is 209 g/mol. The third kappa shape index (κ3) is 2.53. The zero-order valence-corrected chi connectivity index (χ0v) is 9.15. The summed E-state index contributed by atoms with van der Waals surface area (Å²) in [6.45, 7) is 5.64. The van der Waals surface area contributed by atoms with Gasteiger partial charge in [0, 0.05) is 11.6 Å². The number of aliphatic hydroxyl groups excluding tert-OH is 1. The first-order valence-electron chi connectivity index (χ1n) is 4.75. The molecule has 1 N–H and O–H groups in total. The Morgan fingerprint density at radius 1 is 1.40 bits per heavy atom. The summed E-state index contributed by atoms with van der Waals surface area (Å²) < 4.78 is 0. The second-order valence-corrected chi connectivity index (χ2v) is 4.52. The van der Waals surface area contributed by atoms with Crippen molar-refractivity contribution >= 4 is 5.69 Å². The molecule has 0 saturated carbocycles. The van der Waals surface area contributed by atoms with Crippen LogP contribution in [-0.2, 0) is 12.0 Å². The molecule has 1 aromatic carbocycles. The van der Waals surface area contributed by atoms with E-state index in [9.17, 15) is 10.1 Å². The molecule has 0 amide bonds. The maximum Gasteiger partial charge on any atom is 0.273 e. The molecule has 1 rings (SSSR count). The lowest BCUT2D eigenvalue weighted by molar-refractivity contribution is -0.386. The van der Waals surface area contributed by atoms with Crippen LogP contribution in [0.2, 0.25) is 0 Å². The smallest absolute Gasteiger partial charge is 0.273 e. The van der Waals surface area contributed by atoms with Crippen molar-refractivity contribution in [3.05, 3.63) is 39.4 Å². The summed E-state index contributed by atoms with van der Waals surface area (Å²) in [5.41, 5.74) is 1.16. The standard InChI is InChI=1S/C11H15NO3/c1-11(2,3)9-6-8(7-13)4-5-10(9)12(14)15/h4-6,13H,7H2,1-3H3. The van der Waals surface area contributed by atoms with E-state index >= 15 is 0 Å². The fourth-order valence-electron chi connectivity index (χ4n) is 1.44. The van der Waals surface area contributed by atoms with Crippen LogP contribution in [0.15, 0.2) is 18.2 Å². The zero-order valence-electron chi connectivity index (χ0n) is 9.15. The van der Waals surface area contributed by atoms with Crippen LogP contribution < -0.4 is 0 Å². The highest BCUT2D eigenvalue weighted by molar-refractivity contribution is 5.46. The number of hydrogen-bond donors (Lipinski definition) is 1. The van der Waals surface area contributed by atoms with Crippen LogP contribution in [0.3, 0.4) is 0 Å². The van der Waals surface area contributed by atoms with Crippen LogP contribution in [0.25, 0.3) is 0 Å². The molecule has 0 fully saturated rings. The number of rotatable bonds is 2. The lowest BCUT2D eigenvalue weighted by atomic mass is 9.85. The van der Waals surface area contributed by atoms with E-state index in [0.29, 0.717) is 11.1 Å². The largest absolute Gasteiger partial charge is 0.392 e. The SMILES string of the molecule is CC(C)(C)c1cc(CO)ccc1[N+](=O)[O-]. The van der Waals surface area contributed by atoms with E-state index in [1.807, 2.05) is 20.8 Å². The van der Waals surface area contributed by atoms with E-state index in [1.165, 1.54) is 6.07 Å².